The molecule has 86 valence electrons. The number of carbonyl (C=O) groups is 3. The van der Waals surface area contributed by atoms with Crippen molar-refractivity contribution in [2.24, 2.45) is 0 Å². The van der Waals surface area contributed by atoms with Gasteiger partial charge in [-0.3, -0.25) is 19.8 Å². The number of carboxylic acids is 1. The predicted molar refractivity (Wildman–Crippen MR) is 49.6 cm³/mol. The molecule has 1 amide bonds. The van der Waals surface area contributed by atoms with E-state index in [9.17, 15) is 14.4 Å². The highest BCUT2D eigenvalue weighted by molar-refractivity contribution is 5.75. The third kappa shape index (κ3) is 7.44. The number of nitrogens with one attached hydrogen (secondary N) is 2. The third-order valence-electron chi connectivity index (χ3n) is 1.43. The van der Waals surface area contributed by atoms with Gasteiger partial charge in [0.1, 0.15) is 6.04 Å². The molecule has 0 aromatic heterocycles. The van der Waals surface area contributed by atoms with Crippen molar-refractivity contribution in [2.75, 3.05) is 6.61 Å². The van der Waals surface area contributed by atoms with E-state index in [-0.39, 0.29) is 13.0 Å². The fourth-order valence-electron chi connectivity index (χ4n) is 0.767. The third-order valence-corrected chi connectivity index (χ3v) is 1.43. The van der Waals surface area contributed by atoms with Crippen LogP contribution in [0.1, 0.15) is 20.3 Å². The van der Waals surface area contributed by atoms with E-state index >= 15 is 0 Å². The van der Waals surface area contributed by atoms with Gasteiger partial charge in [-0.25, -0.2) is 5.43 Å². The minimum absolute atomic E-state index is 0.0150. The SMILES string of the molecule is CC(=O)NN[C@@H](CCOC(C)=O)C(=O)O. The molecule has 0 aliphatic heterocycles. The van der Waals surface area contributed by atoms with Crippen molar-refractivity contribution < 1.29 is 24.2 Å². The monoisotopic (exact) mass is 218 g/mol. The van der Waals surface area contributed by atoms with Crippen LogP contribution in [0.3, 0.4) is 0 Å². The van der Waals surface area contributed by atoms with Gasteiger partial charge in [-0.05, 0) is 0 Å². The van der Waals surface area contributed by atoms with Crippen LogP contribution in [0.4, 0.5) is 0 Å². The van der Waals surface area contributed by atoms with Crippen molar-refractivity contribution >= 4 is 17.8 Å². The zero-order valence-corrected chi connectivity index (χ0v) is 8.57. The van der Waals surface area contributed by atoms with Crippen molar-refractivity contribution in [3.05, 3.63) is 0 Å². The number of amides is 1. The molecule has 0 heterocycles. The summed E-state index contributed by atoms with van der Waals surface area (Å²) < 4.78 is 4.57. The molecule has 15 heavy (non-hydrogen) atoms. The van der Waals surface area contributed by atoms with E-state index < -0.39 is 23.9 Å². The van der Waals surface area contributed by atoms with Crippen molar-refractivity contribution in [3.63, 3.8) is 0 Å². The van der Waals surface area contributed by atoms with Gasteiger partial charge in [0, 0.05) is 20.3 Å². The smallest absolute Gasteiger partial charge is 0.322 e. The first-order valence-corrected chi connectivity index (χ1v) is 4.31. The second-order valence-corrected chi connectivity index (χ2v) is 2.85. The Balaban J connectivity index is 3.88. The Kier molecular flexibility index (Phi) is 6.03. The zero-order valence-electron chi connectivity index (χ0n) is 8.57. The largest absolute Gasteiger partial charge is 0.480 e. The standard InChI is InChI=1S/C8H14N2O5/c1-5(11)9-10-7(8(13)14)3-4-15-6(2)12/h7,10H,3-4H2,1-2H3,(H,9,11)(H,13,14)/t7-/m0/s1. The van der Waals surface area contributed by atoms with Crippen LogP contribution < -0.4 is 10.9 Å². The van der Waals surface area contributed by atoms with Gasteiger partial charge in [0.15, 0.2) is 0 Å². The molecule has 0 saturated carbocycles. The minimum Gasteiger partial charge on any atom is -0.480 e. The second kappa shape index (κ2) is 6.77. The first kappa shape index (κ1) is 13.4. The molecule has 0 aliphatic carbocycles. The average Bonchev–Trinajstić information content (AvgIpc) is 2.09. The quantitative estimate of drug-likeness (QED) is 0.391. The maximum atomic E-state index is 10.6. The molecule has 7 nitrogen and oxygen atoms in total. The Labute approximate surface area is 86.8 Å². The van der Waals surface area contributed by atoms with Crippen LogP contribution in [0, 0.1) is 0 Å². The fourth-order valence-corrected chi connectivity index (χ4v) is 0.767. The molecule has 3 N–H and O–H groups in total. The second-order valence-electron chi connectivity index (χ2n) is 2.85. The summed E-state index contributed by atoms with van der Waals surface area (Å²) in [5, 5.41) is 8.70. The van der Waals surface area contributed by atoms with Crippen LogP contribution in [0.15, 0.2) is 0 Å². The number of hydrogen-bond acceptors (Lipinski definition) is 5. The van der Waals surface area contributed by atoms with Gasteiger partial charge >= 0.3 is 11.9 Å². The van der Waals surface area contributed by atoms with Crippen LogP contribution in [0.5, 0.6) is 0 Å². The molecule has 0 unspecified atom stereocenters. The molecule has 0 spiro atoms. The highest BCUT2D eigenvalue weighted by Gasteiger charge is 2.17. The topological polar surface area (TPSA) is 105 Å². The first-order chi connectivity index (χ1) is 6.93. The summed E-state index contributed by atoms with van der Waals surface area (Å²) in [7, 11) is 0. The van der Waals surface area contributed by atoms with E-state index in [0.717, 1.165) is 0 Å². The van der Waals surface area contributed by atoms with Crippen LogP contribution >= 0.6 is 0 Å². The molecule has 7 heteroatoms. The summed E-state index contributed by atoms with van der Waals surface area (Å²) in [5.41, 5.74) is 4.46. The predicted octanol–water partition coefficient (Wildman–Crippen LogP) is -0.966. The summed E-state index contributed by atoms with van der Waals surface area (Å²) in [6.45, 7) is 2.47. The van der Waals surface area contributed by atoms with Gasteiger partial charge < -0.3 is 9.84 Å². The van der Waals surface area contributed by atoms with Crippen molar-refractivity contribution in [1.29, 1.82) is 0 Å². The number of hydrogen-bond donors (Lipinski definition) is 3. The van der Waals surface area contributed by atoms with Crippen LogP contribution in [0.25, 0.3) is 0 Å². The summed E-state index contributed by atoms with van der Waals surface area (Å²) in [4.78, 5) is 31.5. The lowest BCUT2D eigenvalue weighted by Gasteiger charge is -2.13. The Morgan fingerprint density at radius 1 is 1.33 bits per heavy atom. The van der Waals surface area contributed by atoms with E-state index in [2.05, 4.69) is 15.6 Å². The summed E-state index contributed by atoms with van der Waals surface area (Å²) in [6, 6.07) is -0.978. The molecule has 0 bridgehead atoms. The highest BCUT2D eigenvalue weighted by atomic mass is 16.5. The Bertz CT molecular complexity index is 253. The van der Waals surface area contributed by atoms with Crippen molar-refractivity contribution in [3.8, 4) is 0 Å². The van der Waals surface area contributed by atoms with Gasteiger partial charge in [-0.15, -0.1) is 0 Å². The molecule has 0 radical (unpaired) electrons. The molecule has 0 aromatic rings. The van der Waals surface area contributed by atoms with Crippen LogP contribution in [-0.4, -0.2) is 35.6 Å². The number of hydrazine groups is 1. The van der Waals surface area contributed by atoms with E-state index in [1.54, 1.807) is 0 Å². The van der Waals surface area contributed by atoms with Crippen LogP contribution in [0.2, 0.25) is 0 Å². The molecular weight excluding hydrogens is 204 g/mol. The van der Waals surface area contributed by atoms with E-state index in [1.165, 1.54) is 13.8 Å². The number of carboxylic acid groups (broad SMARTS) is 1. The van der Waals surface area contributed by atoms with Gasteiger partial charge in [0.05, 0.1) is 6.61 Å². The summed E-state index contributed by atoms with van der Waals surface area (Å²) in [5.74, 6) is -2.00. The molecule has 0 aromatic carbocycles. The Hall–Kier alpha value is -1.63. The Morgan fingerprint density at radius 2 is 1.93 bits per heavy atom. The fraction of sp³-hybridized carbons (Fsp3) is 0.625. The van der Waals surface area contributed by atoms with Crippen LogP contribution in [-0.2, 0) is 19.1 Å². The number of ether oxygens (including phenoxy) is 1. The zero-order chi connectivity index (χ0) is 11.8. The van der Waals surface area contributed by atoms with Gasteiger partial charge in [0.2, 0.25) is 5.91 Å². The minimum atomic E-state index is -1.13. The van der Waals surface area contributed by atoms with Gasteiger partial charge in [0.25, 0.3) is 0 Å². The number of carbonyl (C=O) groups excluding carboxylic acids is 2. The number of rotatable bonds is 6. The van der Waals surface area contributed by atoms with Gasteiger partial charge in [-0.2, -0.15) is 0 Å². The Morgan fingerprint density at radius 3 is 2.33 bits per heavy atom. The first-order valence-electron chi connectivity index (χ1n) is 4.31. The van der Waals surface area contributed by atoms with Crippen molar-refractivity contribution in [1.82, 2.24) is 10.9 Å². The molecule has 0 rings (SSSR count). The molecule has 0 saturated heterocycles. The number of esters is 1. The lowest BCUT2D eigenvalue weighted by Crippen LogP contribution is -2.47. The van der Waals surface area contributed by atoms with E-state index in [0.29, 0.717) is 0 Å². The number of aliphatic carboxylic acids is 1. The average molecular weight is 218 g/mol. The highest BCUT2D eigenvalue weighted by Crippen LogP contribution is 1.92. The van der Waals surface area contributed by atoms with Crippen molar-refractivity contribution in [2.45, 2.75) is 26.3 Å². The molecular formula is C8H14N2O5. The molecule has 0 fully saturated rings. The lowest BCUT2D eigenvalue weighted by molar-refractivity contribution is -0.145. The maximum absolute atomic E-state index is 10.6. The lowest BCUT2D eigenvalue weighted by atomic mass is 10.2. The maximum Gasteiger partial charge on any atom is 0.322 e. The summed E-state index contributed by atoms with van der Waals surface area (Å²) >= 11 is 0. The molecule has 0 aliphatic rings. The molecule has 1 atom stereocenters. The van der Waals surface area contributed by atoms with E-state index in [4.69, 9.17) is 5.11 Å². The van der Waals surface area contributed by atoms with Gasteiger partial charge in [-0.1, -0.05) is 0 Å². The summed E-state index contributed by atoms with van der Waals surface area (Å²) in [6.07, 6.45) is 0.0786. The van der Waals surface area contributed by atoms with E-state index in [1.807, 2.05) is 0 Å². The normalized spacial score (nSPS) is 11.6.